The molecule has 0 saturated carbocycles. The van der Waals surface area contributed by atoms with Crippen molar-refractivity contribution in [3.8, 4) is 67.5 Å². The summed E-state index contributed by atoms with van der Waals surface area (Å²) >= 11 is 0. The van der Waals surface area contributed by atoms with Gasteiger partial charge in [0, 0.05) is 33.6 Å². The summed E-state index contributed by atoms with van der Waals surface area (Å²) in [4.78, 5) is 19.7. The van der Waals surface area contributed by atoms with Crippen molar-refractivity contribution in [1.82, 2.24) is 19.9 Å². The highest BCUT2D eigenvalue weighted by Gasteiger charge is 2.16. The highest BCUT2D eigenvalue weighted by Crippen LogP contribution is 2.37. The summed E-state index contributed by atoms with van der Waals surface area (Å²) in [5.74, 6) is 1.91. The summed E-state index contributed by atoms with van der Waals surface area (Å²) < 4.78 is 0. The minimum Gasteiger partial charge on any atom is -0.258 e. The highest BCUT2D eigenvalue weighted by atomic mass is 15.0. The molecule has 5 aromatic carbocycles. The Kier molecular flexibility index (Phi) is 8.50. The lowest BCUT2D eigenvalue weighted by molar-refractivity contribution is 1.04. The summed E-state index contributed by atoms with van der Waals surface area (Å²) in [5.41, 5.74) is 14.3. The Labute approximate surface area is 293 Å². The van der Waals surface area contributed by atoms with E-state index in [4.69, 9.17) is 15.0 Å². The molecule has 0 atom stereocenters. The van der Waals surface area contributed by atoms with Crippen molar-refractivity contribution in [2.45, 2.75) is 26.7 Å². The van der Waals surface area contributed by atoms with Crippen LogP contribution in [0.3, 0.4) is 0 Å². The van der Waals surface area contributed by atoms with Crippen molar-refractivity contribution in [3.05, 3.63) is 175 Å². The van der Waals surface area contributed by atoms with Crippen LogP contribution in [-0.4, -0.2) is 19.9 Å². The molecule has 0 unspecified atom stereocenters. The number of pyridine rings is 1. The number of hydrogen-bond donors (Lipinski definition) is 0. The van der Waals surface area contributed by atoms with E-state index in [1.54, 1.807) is 0 Å². The molecular weight excluding hydrogens is 609 g/mol. The average Bonchev–Trinajstić information content (AvgIpc) is 3.19. The SMILES string of the molecule is Cc1ccc(-c2ccc(-c3nc(-c4ccccc4)nc(-c4cccc(-c5ccc(-c6ccccc6)cc5C5=CCCC=C5)c4)n3)cc2)c(C)n1. The third kappa shape index (κ3) is 6.44. The van der Waals surface area contributed by atoms with E-state index < -0.39 is 0 Å². The fourth-order valence-corrected chi connectivity index (χ4v) is 6.62. The van der Waals surface area contributed by atoms with Crippen LogP contribution in [0.2, 0.25) is 0 Å². The molecule has 1 aliphatic rings. The van der Waals surface area contributed by atoms with Gasteiger partial charge in [0.15, 0.2) is 17.5 Å². The molecule has 2 heterocycles. The largest absolute Gasteiger partial charge is 0.258 e. The standard InChI is InChI=1S/C46H36N4/c1-31-21-27-41(32(2)47-31)35-22-24-37(25-23-35)45-48-44(36-17-10-5-11-18-36)49-46(50-45)40-20-12-19-39(29-40)42-28-26-38(33-13-6-3-7-14-33)30-43(42)34-15-8-4-9-16-34/h3,5-8,10-30H,4,9H2,1-2H3. The van der Waals surface area contributed by atoms with Gasteiger partial charge in [0.05, 0.1) is 0 Å². The fourth-order valence-electron chi connectivity index (χ4n) is 6.62. The molecule has 7 aromatic rings. The van der Waals surface area contributed by atoms with Crippen molar-refractivity contribution >= 4 is 5.57 Å². The summed E-state index contributed by atoms with van der Waals surface area (Å²) in [7, 11) is 0. The van der Waals surface area contributed by atoms with E-state index in [-0.39, 0.29) is 0 Å². The van der Waals surface area contributed by atoms with Crippen LogP contribution >= 0.6 is 0 Å². The zero-order chi connectivity index (χ0) is 33.9. The zero-order valence-corrected chi connectivity index (χ0v) is 28.2. The van der Waals surface area contributed by atoms with E-state index in [1.165, 1.54) is 27.8 Å². The lowest BCUT2D eigenvalue weighted by atomic mass is 9.88. The Morgan fingerprint density at radius 2 is 0.980 bits per heavy atom. The van der Waals surface area contributed by atoms with E-state index in [0.29, 0.717) is 17.5 Å². The van der Waals surface area contributed by atoms with Crippen LogP contribution in [0.1, 0.15) is 29.8 Å². The number of aromatic nitrogens is 4. The number of rotatable bonds is 7. The van der Waals surface area contributed by atoms with Gasteiger partial charge in [-0.1, -0.05) is 140 Å². The predicted molar refractivity (Wildman–Crippen MR) is 206 cm³/mol. The quantitative estimate of drug-likeness (QED) is 0.173. The monoisotopic (exact) mass is 644 g/mol. The van der Waals surface area contributed by atoms with Crippen molar-refractivity contribution in [2.75, 3.05) is 0 Å². The molecule has 50 heavy (non-hydrogen) atoms. The van der Waals surface area contributed by atoms with Crippen LogP contribution in [-0.2, 0) is 0 Å². The van der Waals surface area contributed by atoms with Gasteiger partial charge in [-0.15, -0.1) is 0 Å². The molecule has 0 saturated heterocycles. The first-order valence-electron chi connectivity index (χ1n) is 17.1. The minimum absolute atomic E-state index is 0.634. The number of nitrogens with zero attached hydrogens (tertiary/aromatic N) is 4. The van der Waals surface area contributed by atoms with Gasteiger partial charge in [-0.3, -0.25) is 4.98 Å². The smallest absolute Gasteiger partial charge is 0.164 e. The van der Waals surface area contributed by atoms with Gasteiger partial charge in [0.1, 0.15) is 0 Å². The van der Waals surface area contributed by atoms with Gasteiger partial charge in [-0.25, -0.2) is 15.0 Å². The Balaban J connectivity index is 1.22. The molecule has 0 spiro atoms. The molecule has 0 fully saturated rings. The lowest BCUT2D eigenvalue weighted by Crippen LogP contribution is -2.00. The van der Waals surface area contributed by atoms with E-state index in [0.717, 1.165) is 57.6 Å². The van der Waals surface area contributed by atoms with E-state index in [2.05, 4.69) is 139 Å². The number of hydrogen-bond acceptors (Lipinski definition) is 4. The normalized spacial score (nSPS) is 12.5. The van der Waals surface area contributed by atoms with E-state index in [1.807, 2.05) is 37.3 Å². The van der Waals surface area contributed by atoms with Crippen LogP contribution < -0.4 is 0 Å². The summed E-state index contributed by atoms with van der Waals surface area (Å²) in [5, 5.41) is 0. The first kappa shape index (κ1) is 31.0. The maximum absolute atomic E-state index is 5.07. The molecular formula is C46H36N4. The van der Waals surface area contributed by atoms with Crippen molar-refractivity contribution in [1.29, 1.82) is 0 Å². The van der Waals surface area contributed by atoms with Crippen LogP contribution in [0, 0.1) is 13.8 Å². The average molecular weight is 645 g/mol. The van der Waals surface area contributed by atoms with E-state index in [9.17, 15) is 0 Å². The number of aryl methyl sites for hydroxylation is 2. The maximum Gasteiger partial charge on any atom is 0.164 e. The van der Waals surface area contributed by atoms with Gasteiger partial charge in [-0.05, 0) is 83.8 Å². The Morgan fingerprint density at radius 3 is 1.66 bits per heavy atom. The van der Waals surface area contributed by atoms with Crippen molar-refractivity contribution in [3.63, 3.8) is 0 Å². The molecule has 4 heteroatoms. The second kappa shape index (κ2) is 13.7. The Morgan fingerprint density at radius 1 is 0.400 bits per heavy atom. The summed E-state index contributed by atoms with van der Waals surface area (Å²) in [6.07, 6.45) is 8.99. The van der Waals surface area contributed by atoms with Gasteiger partial charge in [0.25, 0.3) is 0 Å². The van der Waals surface area contributed by atoms with Gasteiger partial charge in [0.2, 0.25) is 0 Å². The molecule has 0 amide bonds. The third-order valence-electron chi connectivity index (χ3n) is 9.21. The van der Waals surface area contributed by atoms with Crippen LogP contribution in [0.25, 0.3) is 73.1 Å². The fraction of sp³-hybridized carbons (Fsp3) is 0.0870. The zero-order valence-electron chi connectivity index (χ0n) is 28.2. The Hall–Kier alpha value is -6.26. The molecule has 0 radical (unpaired) electrons. The van der Waals surface area contributed by atoms with Gasteiger partial charge in [-0.2, -0.15) is 0 Å². The second-order valence-electron chi connectivity index (χ2n) is 12.7. The molecule has 4 nitrogen and oxygen atoms in total. The second-order valence-corrected chi connectivity index (χ2v) is 12.7. The molecule has 0 bridgehead atoms. The third-order valence-corrected chi connectivity index (χ3v) is 9.21. The highest BCUT2D eigenvalue weighted by molar-refractivity contribution is 5.89. The van der Waals surface area contributed by atoms with Crippen LogP contribution in [0.5, 0.6) is 0 Å². The molecule has 240 valence electrons. The van der Waals surface area contributed by atoms with Crippen molar-refractivity contribution in [2.24, 2.45) is 0 Å². The molecule has 0 aliphatic heterocycles. The predicted octanol–water partition coefficient (Wildman–Crippen LogP) is 11.6. The lowest BCUT2D eigenvalue weighted by Gasteiger charge is -2.16. The molecule has 8 rings (SSSR count). The minimum atomic E-state index is 0.634. The molecule has 0 N–H and O–H groups in total. The first-order chi connectivity index (χ1) is 24.6. The topological polar surface area (TPSA) is 51.6 Å². The number of benzene rings is 5. The molecule has 1 aliphatic carbocycles. The van der Waals surface area contributed by atoms with Crippen molar-refractivity contribution < 1.29 is 0 Å². The van der Waals surface area contributed by atoms with Crippen LogP contribution in [0.4, 0.5) is 0 Å². The van der Waals surface area contributed by atoms with Gasteiger partial charge >= 0.3 is 0 Å². The first-order valence-corrected chi connectivity index (χ1v) is 17.1. The summed E-state index contributed by atoms with van der Waals surface area (Å²) in [6, 6.07) is 48.7. The van der Waals surface area contributed by atoms with Crippen LogP contribution in [0.15, 0.2) is 158 Å². The summed E-state index contributed by atoms with van der Waals surface area (Å²) in [6.45, 7) is 4.07. The van der Waals surface area contributed by atoms with E-state index >= 15 is 0 Å². The maximum atomic E-state index is 5.07. The van der Waals surface area contributed by atoms with Gasteiger partial charge < -0.3 is 0 Å². The molecule has 2 aromatic heterocycles. The number of allylic oxidation sites excluding steroid dienone is 4. The Bertz CT molecular complexity index is 2370.